The highest BCUT2D eigenvalue weighted by atomic mass is 35.5. The van der Waals surface area contributed by atoms with Crippen molar-refractivity contribution in [3.63, 3.8) is 0 Å². The average Bonchev–Trinajstić information content (AvgIpc) is 2.55. The number of benzene rings is 1. The van der Waals surface area contributed by atoms with Gasteiger partial charge in [0.15, 0.2) is 0 Å². The van der Waals surface area contributed by atoms with Crippen molar-refractivity contribution in [3.8, 4) is 0 Å². The van der Waals surface area contributed by atoms with E-state index in [2.05, 4.69) is 19.1 Å². The van der Waals surface area contributed by atoms with Crippen LogP contribution in [0.5, 0.6) is 0 Å². The summed E-state index contributed by atoms with van der Waals surface area (Å²) in [7, 11) is 0. The first-order valence-electron chi connectivity index (χ1n) is 10.6. The molecule has 4 saturated carbocycles. The molecule has 0 aromatic heterocycles. The summed E-state index contributed by atoms with van der Waals surface area (Å²) in [5.74, 6) is 2.40. The van der Waals surface area contributed by atoms with E-state index in [0.717, 1.165) is 17.4 Å². The first kappa shape index (κ1) is 18.0. The lowest BCUT2D eigenvalue weighted by Crippen LogP contribution is -2.60. The molecule has 2 unspecified atom stereocenters. The van der Waals surface area contributed by atoms with Crippen LogP contribution in [-0.2, 0) is 11.2 Å². The second kappa shape index (κ2) is 6.22. The Balaban J connectivity index is 1.47. The van der Waals surface area contributed by atoms with E-state index in [1.54, 1.807) is 0 Å². The molecule has 4 bridgehead atoms. The van der Waals surface area contributed by atoms with Crippen molar-refractivity contribution in [2.24, 2.45) is 28.6 Å². The zero-order valence-corrected chi connectivity index (χ0v) is 16.9. The number of aliphatic hydroxyl groups excluding tert-OH is 1. The molecule has 4 heteroatoms. The van der Waals surface area contributed by atoms with Gasteiger partial charge in [0.05, 0.1) is 6.10 Å². The van der Waals surface area contributed by atoms with E-state index in [4.69, 9.17) is 11.6 Å². The number of β-amino-alcohol motifs (C(OH)–C–C–N with tert-alkyl or cyclic N) is 1. The molecule has 6 rings (SSSR count). The highest BCUT2D eigenvalue weighted by Gasteiger charge is 2.61. The van der Waals surface area contributed by atoms with Crippen LogP contribution in [0.15, 0.2) is 24.3 Å². The fraction of sp³-hybridized carbons (Fsp3) is 0.696. The van der Waals surface area contributed by atoms with Crippen molar-refractivity contribution in [2.75, 3.05) is 13.1 Å². The fourth-order valence-corrected chi connectivity index (χ4v) is 7.51. The molecule has 1 amide bonds. The number of hydrogen-bond acceptors (Lipinski definition) is 2. The van der Waals surface area contributed by atoms with E-state index < -0.39 is 0 Å². The number of likely N-dealkylation sites (tertiary alicyclic amines) is 1. The molecule has 4 aliphatic carbocycles. The topological polar surface area (TPSA) is 40.5 Å². The quantitative estimate of drug-likeness (QED) is 0.836. The van der Waals surface area contributed by atoms with Gasteiger partial charge in [-0.2, -0.15) is 0 Å². The number of carbonyl (C=O) groups is 1. The molecule has 5 fully saturated rings. The summed E-state index contributed by atoms with van der Waals surface area (Å²) in [6.45, 7) is 3.51. The van der Waals surface area contributed by atoms with Crippen molar-refractivity contribution >= 4 is 17.5 Å². The van der Waals surface area contributed by atoms with Crippen molar-refractivity contribution in [1.29, 1.82) is 0 Å². The molecular formula is C23H30ClNO2. The van der Waals surface area contributed by atoms with Crippen LogP contribution in [0.2, 0.25) is 5.02 Å². The SMILES string of the molecule is CC12CC3CC(C1)C(CC(=O)N1CC(O)C1)(Cc1cccc(Cl)c1)C(C3)C2. The Labute approximate surface area is 167 Å². The lowest BCUT2D eigenvalue weighted by atomic mass is 9.40. The Bertz CT molecular complexity index is 741. The van der Waals surface area contributed by atoms with Gasteiger partial charge in [-0.1, -0.05) is 30.7 Å². The normalized spacial score (nSPS) is 40.3. The maximum absolute atomic E-state index is 13.1. The summed E-state index contributed by atoms with van der Waals surface area (Å²) < 4.78 is 0. The number of hydrogen-bond donors (Lipinski definition) is 1. The van der Waals surface area contributed by atoms with Gasteiger partial charge in [0.25, 0.3) is 0 Å². The van der Waals surface area contributed by atoms with Crippen LogP contribution in [0.1, 0.15) is 51.0 Å². The molecule has 27 heavy (non-hydrogen) atoms. The number of amides is 1. The van der Waals surface area contributed by atoms with Gasteiger partial charge in [-0.05, 0) is 84.8 Å². The summed E-state index contributed by atoms with van der Waals surface area (Å²) in [4.78, 5) is 15.0. The molecule has 1 saturated heterocycles. The van der Waals surface area contributed by atoms with E-state index >= 15 is 0 Å². The second-order valence-electron chi connectivity index (χ2n) is 10.3. The summed E-state index contributed by atoms with van der Waals surface area (Å²) in [6, 6.07) is 8.24. The average molecular weight is 388 g/mol. The highest BCUT2D eigenvalue weighted by Crippen LogP contribution is 2.68. The lowest BCUT2D eigenvalue weighted by molar-refractivity contribution is -0.169. The summed E-state index contributed by atoms with van der Waals surface area (Å²) in [5.41, 5.74) is 1.83. The maximum atomic E-state index is 13.1. The second-order valence-corrected chi connectivity index (χ2v) is 10.8. The fourth-order valence-electron chi connectivity index (χ4n) is 7.30. The number of halogens is 1. The Morgan fingerprint density at radius 2 is 1.93 bits per heavy atom. The predicted molar refractivity (Wildman–Crippen MR) is 106 cm³/mol. The smallest absolute Gasteiger partial charge is 0.223 e. The van der Waals surface area contributed by atoms with E-state index in [-0.39, 0.29) is 17.4 Å². The molecule has 146 valence electrons. The van der Waals surface area contributed by atoms with Crippen molar-refractivity contribution in [3.05, 3.63) is 34.9 Å². The van der Waals surface area contributed by atoms with Gasteiger partial charge in [0.1, 0.15) is 0 Å². The zero-order chi connectivity index (χ0) is 18.8. The molecule has 2 atom stereocenters. The summed E-state index contributed by atoms with van der Waals surface area (Å²) >= 11 is 6.28. The molecule has 3 nitrogen and oxygen atoms in total. The van der Waals surface area contributed by atoms with Crippen LogP contribution in [0.4, 0.5) is 0 Å². The standard InChI is InChI=1S/C23H30ClNO2/c1-22-8-16-5-17(10-22)23(18(6-16)11-22,9-15-3-2-4-19(24)7-15)12-21(27)25-13-20(26)14-25/h2-4,7,16-18,20,26H,5-6,8-14H2,1H3. The molecule has 0 spiro atoms. The molecule has 1 aliphatic heterocycles. The van der Waals surface area contributed by atoms with Gasteiger partial charge in [0, 0.05) is 24.5 Å². The van der Waals surface area contributed by atoms with Crippen LogP contribution in [0.25, 0.3) is 0 Å². The van der Waals surface area contributed by atoms with Crippen LogP contribution in [0.3, 0.4) is 0 Å². The molecule has 1 heterocycles. The molecular weight excluding hydrogens is 358 g/mol. The third kappa shape index (κ3) is 3.02. The third-order valence-electron chi connectivity index (χ3n) is 8.24. The Morgan fingerprint density at radius 3 is 2.52 bits per heavy atom. The van der Waals surface area contributed by atoms with Gasteiger partial charge >= 0.3 is 0 Å². The van der Waals surface area contributed by atoms with Gasteiger partial charge in [-0.3, -0.25) is 4.79 Å². The molecule has 5 aliphatic rings. The molecule has 1 aromatic carbocycles. The van der Waals surface area contributed by atoms with E-state index in [0.29, 0.717) is 36.8 Å². The van der Waals surface area contributed by atoms with Crippen molar-refractivity contribution < 1.29 is 9.90 Å². The number of rotatable bonds is 4. The summed E-state index contributed by atoms with van der Waals surface area (Å²) in [5, 5.41) is 10.4. The number of aliphatic hydroxyl groups is 1. The van der Waals surface area contributed by atoms with Crippen LogP contribution in [-0.4, -0.2) is 35.1 Å². The van der Waals surface area contributed by atoms with Crippen LogP contribution in [0, 0.1) is 28.6 Å². The monoisotopic (exact) mass is 387 g/mol. The highest BCUT2D eigenvalue weighted by molar-refractivity contribution is 6.30. The Kier molecular flexibility index (Phi) is 4.15. The Hall–Kier alpha value is -1.06. The first-order chi connectivity index (χ1) is 12.9. The minimum Gasteiger partial charge on any atom is -0.389 e. The van der Waals surface area contributed by atoms with E-state index in [1.165, 1.54) is 37.7 Å². The number of nitrogens with zero attached hydrogens (tertiary/aromatic N) is 1. The van der Waals surface area contributed by atoms with Gasteiger partial charge < -0.3 is 10.0 Å². The predicted octanol–water partition coefficient (Wildman–Crippen LogP) is 4.31. The minimum absolute atomic E-state index is 0.0682. The Morgan fingerprint density at radius 1 is 1.22 bits per heavy atom. The van der Waals surface area contributed by atoms with Crippen molar-refractivity contribution in [1.82, 2.24) is 4.90 Å². The van der Waals surface area contributed by atoms with Crippen molar-refractivity contribution in [2.45, 2.75) is 58.0 Å². The number of carbonyl (C=O) groups excluding carboxylic acids is 1. The van der Waals surface area contributed by atoms with Gasteiger partial charge in [-0.15, -0.1) is 0 Å². The lowest BCUT2D eigenvalue weighted by Gasteiger charge is -2.65. The van der Waals surface area contributed by atoms with Crippen LogP contribution < -0.4 is 0 Å². The molecule has 0 radical (unpaired) electrons. The third-order valence-corrected chi connectivity index (χ3v) is 8.47. The largest absolute Gasteiger partial charge is 0.389 e. The molecule has 1 aromatic rings. The van der Waals surface area contributed by atoms with Gasteiger partial charge in [-0.25, -0.2) is 0 Å². The van der Waals surface area contributed by atoms with Crippen LogP contribution >= 0.6 is 11.6 Å². The maximum Gasteiger partial charge on any atom is 0.223 e. The van der Waals surface area contributed by atoms with E-state index in [9.17, 15) is 9.90 Å². The zero-order valence-electron chi connectivity index (χ0n) is 16.2. The van der Waals surface area contributed by atoms with Gasteiger partial charge in [0.2, 0.25) is 5.91 Å². The first-order valence-corrected chi connectivity index (χ1v) is 10.9. The van der Waals surface area contributed by atoms with E-state index in [1.807, 2.05) is 17.0 Å². The molecule has 1 N–H and O–H groups in total. The minimum atomic E-state index is -0.324. The summed E-state index contributed by atoms with van der Waals surface area (Å²) in [6.07, 6.45) is 7.81.